The minimum absolute atomic E-state index is 0.0737. The van der Waals surface area contributed by atoms with Crippen molar-refractivity contribution in [3.63, 3.8) is 0 Å². The molecule has 0 spiro atoms. The summed E-state index contributed by atoms with van der Waals surface area (Å²) in [4.78, 5) is 0. The highest BCUT2D eigenvalue weighted by atomic mass is 79.9. The minimum Gasteiger partial charge on any atom is -0.381 e. The van der Waals surface area contributed by atoms with Crippen molar-refractivity contribution in [3.8, 4) is 0 Å². The molecule has 0 aromatic carbocycles. The van der Waals surface area contributed by atoms with E-state index >= 15 is 0 Å². The third kappa shape index (κ3) is 2.77. The number of nitrogens with one attached hydrogen (secondary N) is 1. The Morgan fingerprint density at radius 3 is 2.94 bits per heavy atom. The number of hydrogen-bond donors (Lipinski definition) is 2. The molecule has 2 atom stereocenters. The molecule has 0 radical (unpaired) electrons. The maximum atomic E-state index is 5.77. The molecule has 3 N–H and O–H groups in total. The first-order valence-electron chi connectivity index (χ1n) is 6.42. The van der Waals surface area contributed by atoms with Gasteiger partial charge in [0.15, 0.2) is 0 Å². The molecule has 5 nitrogen and oxygen atoms in total. The summed E-state index contributed by atoms with van der Waals surface area (Å²) in [6.45, 7) is 5.85. The Morgan fingerprint density at radius 2 is 2.39 bits per heavy atom. The molecular weight excluding hydrogens is 296 g/mol. The zero-order valence-corrected chi connectivity index (χ0v) is 12.5. The van der Waals surface area contributed by atoms with Gasteiger partial charge in [-0.05, 0) is 42.6 Å². The summed E-state index contributed by atoms with van der Waals surface area (Å²) in [5.74, 6) is 6.16. The molecular formula is C12H21BrN4O. The van der Waals surface area contributed by atoms with Gasteiger partial charge in [-0.1, -0.05) is 0 Å². The monoisotopic (exact) mass is 316 g/mol. The number of halogens is 1. The van der Waals surface area contributed by atoms with Crippen LogP contribution in [0, 0.1) is 5.92 Å². The fraction of sp³-hybridized carbons (Fsp3) is 0.750. The van der Waals surface area contributed by atoms with E-state index in [9.17, 15) is 0 Å². The van der Waals surface area contributed by atoms with Gasteiger partial charge in [0.05, 0.1) is 29.0 Å². The molecule has 0 aliphatic carbocycles. The molecule has 1 fully saturated rings. The van der Waals surface area contributed by atoms with Crippen LogP contribution in [0.25, 0.3) is 0 Å². The van der Waals surface area contributed by atoms with Gasteiger partial charge in [-0.15, -0.1) is 0 Å². The first kappa shape index (κ1) is 14.0. The maximum absolute atomic E-state index is 5.77. The quantitative estimate of drug-likeness (QED) is 0.660. The summed E-state index contributed by atoms with van der Waals surface area (Å²) < 4.78 is 8.58. The molecule has 0 amide bonds. The van der Waals surface area contributed by atoms with Gasteiger partial charge in [0.1, 0.15) is 0 Å². The summed E-state index contributed by atoms with van der Waals surface area (Å²) in [6, 6.07) is 0.385. The van der Waals surface area contributed by atoms with Crippen LogP contribution in [0.3, 0.4) is 0 Å². The summed E-state index contributed by atoms with van der Waals surface area (Å²) in [6.07, 6.45) is 4.06. The fourth-order valence-electron chi connectivity index (χ4n) is 2.52. The minimum atomic E-state index is 0.0737. The van der Waals surface area contributed by atoms with Gasteiger partial charge in [-0.25, -0.2) is 0 Å². The fourth-order valence-corrected chi connectivity index (χ4v) is 3.04. The van der Waals surface area contributed by atoms with E-state index in [1.54, 1.807) is 0 Å². The lowest BCUT2D eigenvalue weighted by Crippen LogP contribution is -2.39. The first-order valence-corrected chi connectivity index (χ1v) is 7.21. The zero-order chi connectivity index (χ0) is 13.1. The normalized spacial score (nSPS) is 22.4. The highest BCUT2D eigenvalue weighted by Crippen LogP contribution is 2.33. The summed E-state index contributed by atoms with van der Waals surface area (Å²) in [5, 5.41) is 4.41. The Morgan fingerprint density at radius 1 is 1.61 bits per heavy atom. The summed E-state index contributed by atoms with van der Waals surface area (Å²) >= 11 is 3.57. The average Bonchev–Trinajstić information content (AvgIpc) is 2.74. The second kappa shape index (κ2) is 6.14. The average molecular weight is 317 g/mol. The van der Waals surface area contributed by atoms with Crippen molar-refractivity contribution in [2.45, 2.75) is 38.8 Å². The van der Waals surface area contributed by atoms with Crippen LogP contribution in [0.5, 0.6) is 0 Å². The lowest BCUT2D eigenvalue weighted by molar-refractivity contribution is 0.0373. The number of aromatic nitrogens is 2. The van der Waals surface area contributed by atoms with Gasteiger partial charge in [0, 0.05) is 18.6 Å². The second-order valence-electron chi connectivity index (χ2n) is 5.04. The van der Waals surface area contributed by atoms with Crippen molar-refractivity contribution < 1.29 is 4.74 Å². The molecule has 18 heavy (non-hydrogen) atoms. The number of ether oxygens (including phenoxy) is 1. The molecule has 6 heteroatoms. The van der Waals surface area contributed by atoms with Gasteiger partial charge in [-0.2, -0.15) is 5.10 Å². The predicted molar refractivity (Wildman–Crippen MR) is 73.9 cm³/mol. The lowest BCUT2D eigenvalue weighted by Gasteiger charge is -2.31. The Bertz CT molecular complexity index is 387. The Balaban J connectivity index is 2.28. The molecule has 1 aliphatic heterocycles. The zero-order valence-electron chi connectivity index (χ0n) is 10.9. The van der Waals surface area contributed by atoms with E-state index in [0.717, 1.165) is 36.2 Å². The van der Waals surface area contributed by atoms with E-state index < -0.39 is 0 Å². The van der Waals surface area contributed by atoms with E-state index in [1.165, 1.54) is 0 Å². The Kier molecular flexibility index (Phi) is 4.77. The van der Waals surface area contributed by atoms with Gasteiger partial charge in [-0.3, -0.25) is 16.0 Å². The topological polar surface area (TPSA) is 65.1 Å². The van der Waals surface area contributed by atoms with Crippen molar-refractivity contribution in [1.29, 1.82) is 0 Å². The molecule has 1 aromatic rings. The van der Waals surface area contributed by atoms with E-state index in [0.29, 0.717) is 12.0 Å². The van der Waals surface area contributed by atoms with Crippen LogP contribution < -0.4 is 11.3 Å². The number of hydrogen-bond acceptors (Lipinski definition) is 4. The van der Waals surface area contributed by atoms with Crippen LogP contribution in [0.2, 0.25) is 0 Å². The van der Waals surface area contributed by atoms with E-state index in [2.05, 4.69) is 40.3 Å². The molecule has 0 bridgehead atoms. The highest BCUT2D eigenvalue weighted by molar-refractivity contribution is 9.10. The molecule has 1 saturated heterocycles. The second-order valence-corrected chi connectivity index (χ2v) is 5.89. The lowest BCUT2D eigenvalue weighted by atomic mass is 9.92. The van der Waals surface area contributed by atoms with E-state index in [-0.39, 0.29) is 6.04 Å². The van der Waals surface area contributed by atoms with Gasteiger partial charge in [0.2, 0.25) is 0 Å². The Labute approximate surface area is 116 Å². The number of hydrazine groups is 1. The molecule has 0 saturated carbocycles. The van der Waals surface area contributed by atoms with Gasteiger partial charge < -0.3 is 4.74 Å². The molecule has 2 rings (SSSR count). The predicted octanol–water partition coefficient (Wildman–Crippen LogP) is 2.16. The van der Waals surface area contributed by atoms with Crippen LogP contribution >= 0.6 is 15.9 Å². The molecule has 1 aliphatic rings. The van der Waals surface area contributed by atoms with Crippen LogP contribution in [0.15, 0.2) is 10.7 Å². The third-order valence-corrected chi connectivity index (χ3v) is 4.03. The Hall–Kier alpha value is -0.430. The van der Waals surface area contributed by atoms with Gasteiger partial charge >= 0.3 is 0 Å². The molecule has 102 valence electrons. The van der Waals surface area contributed by atoms with Crippen LogP contribution in [-0.2, 0) is 4.74 Å². The molecule has 1 aromatic heterocycles. The highest BCUT2D eigenvalue weighted by Gasteiger charge is 2.29. The van der Waals surface area contributed by atoms with E-state index in [1.807, 2.05) is 10.9 Å². The summed E-state index contributed by atoms with van der Waals surface area (Å²) in [7, 11) is 0. The van der Waals surface area contributed by atoms with Gasteiger partial charge in [0.25, 0.3) is 0 Å². The molecule has 2 unspecified atom stereocenters. The van der Waals surface area contributed by atoms with Crippen molar-refractivity contribution in [2.75, 3.05) is 13.2 Å². The van der Waals surface area contributed by atoms with E-state index in [4.69, 9.17) is 10.6 Å². The SMILES string of the molecule is CC(C)n1ncc(Br)c1C(NN)C1CCCOC1. The van der Waals surface area contributed by atoms with Crippen LogP contribution in [-0.4, -0.2) is 23.0 Å². The van der Waals surface area contributed by atoms with Crippen molar-refractivity contribution >= 4 is 15.9 Å². The largest absolute Gasteiger partial charge is 0.381 e. The van der Waals surface area contributed by atoms with Crippen molar-refractivity contribution in [2.24, 2.45) is 11.8 Å². The summed E-state index contributed by atoms with van der Waals surface area (Å²) in [5.41, 5.74) is 4.05. The first-order chi connectivity index (χ1) is 8.65. The maximum Gasteiger partial charge on any atom is 0.0715 e. The number of nitrogens with two attached hydrogens (primary N) is 1. The third-order valence-electron chi connectivity index (χ3n) is 3.42. The number of nitrogens with zero attached hydrogens (tertiary/aromatic N) is 2. The number of rotatable bonds is 4. The van der Waals surface area contributed by atoms with Crippen molar-refractivity contribution in [1.82, 2.24) is 15.2 Å². The standard InChI is InChI=1S/C12H21BrN4O/c1-8(2)17-12(10(13)6-15-17)11(16-14)9-4-3-5-18-7-9/h6,8-9,11,16H,3-5,7,14H2,1-2H3. The van der Waals surface area contributed by atoms with Crippen LogP contribution in [0.1, 0.15) is 44.5 Å². The molecule has 2 heterocycles. The van der Waals surface area contributed by atoms with Crippen LogP contribution in [0.4, 0.5) is 0 Å². The van der Waals surface area contributed by atoms with Crippen molar-refractivity contribution in [3.05, 3.63) is 16.4 Å². The smallest absolute Gasteiger partial charge is 0.0715 e.